The average Bonchev–Trinajstić information content (AvgIpc) is 2.60. The number of hydrogen-bond donors (Lipinski definition) is 0. The van der Waals surface area contributed by atoms with Crippen molar-refractivity contribution < 1.29 is 8.42 Å². The molecule has 5 heteroatoms. The minimum atomic E-state index is -3.02. The van der Waals surface area contributed by atoms with Crippen molar-refractivity contribution in [2.75, 3.05) is 25.9 Å². The number of nitrogens with zero attached hydrogens (tertiary/aromatic N) is 2. The summed E-state index contributed by atoms with van der Waals surface area (Å²) in [6.07, 6.45) is 4.62. The van der Waals surface area contributed by atoms with Crippen molar-refractivity contribution in [3.8, 4) is 0 Å². The van der Waals surface area contributed by atoms with Crippen LogP contribution < -0.4 is 0 Å². The lowest BCUT2D eigenvalue weighted by atomic mass is 10.1. The lowest BCUT2D eigenvalue weighted by Crippen LogP contribution is -2.57. The zero-order valence-electron chi connectivity index (χ0n) is 9.52. The lowest BCUT2D eigenvalue weighted by molar-refractivity contribution is 0.107. The Kier molecular flexibility index (Phi) is 3.05. The van der Waals surface area contributed by atoms with Crippen LogP contribution >= 0.6 is 0 Å². The first-order chi connectivity index (χ1) is 7.02. The van der Waals surface area contributed by atoms with E-state index in [1.165, 1.54) is 12.7 Å². The van der Waals surface area contributed by atoms with Gasteiger partial charge in [-0.2, -0.15) is 4.31 Å². The molecule has 0 unspecified atom stereocenters. The zero-order valence-corrected chi connectivity index (χ0v) is 10.3. The Morgan fingerprint density at radius 1 is 1.33 bits per heavy atom. The van der Waals surface area contributed by atoms with E-state index >= 15 is 0 Å². The van der Waals surface area contributed by atoms with E-state index < -0.39 is 10.0 Å². The van der Waals surface area contributed by atoms with Crippen LogP contribution in [0.5, 0.6) is 0 Å². The maximum atomic E-state index is 11.7. The number of fused-ring (bicyclic) bond motifs is 1. The maximum Gasteiger partial charge on any atom is 0.211 e. The second-order valence-corrected chi connectivity index (χ2v) is 6.62. The molecule has 0 bridgehead atoms. The highest BCUT2D eigenvalue weighted by Crippen LogP contribution is 2.27. The predicted molar refractivity (Wildman–Crippen MR) is 60.2 cm³/mol. The van der Waals surface area contributed by atoms with E-state index in [2.05, 4.69) is 11.8 Å². The van der Waals surface area contributed by atoms with Crippen LogP contribution in [0.1, 0.15) is 26.2 Å². The van der Waals surface area contributed by atoms with Crippen LogP contribution in [0.15, 0.2) is 0 Å². The first-order valence-electron chi connectivity index (χ1n) is 5.73. The molecule has 0 aromatic carbocycles. The van der Waals surface area contributed by atoms with E-state index in [4.69, 9.17) is 0 Å². The molecule has 4 nitrogen and oxygen atoms in total. The van der Waals surface area contributed by atoms with Crippen LogP contribution in [0.4, 0.5) is 0 Å². The van der Waals surface area contributed by atoms with Gasteiger partial charge in [0.05, 0.1) is 6.26 Å². The van der Waals surface area contributed by atoms with Gasteiger partial charge in [0.25, 0.3) is 0 Å². The van der Waals surface area contributed by atoms with Crippen LogP contribution in [0.2, 0.25) is 0 Å². The van der Waals surface area contributed by atoms with Crippen LogP contribution in [-0.4, -0.2) is 55.6 Å². The molecule has 0 saturated carbocycles. The van der Waals surface area contributed by atoms with Gasteiger partial charge in [-0.3, -0.25) is 4.90 Å². The summed E-state index contributed by atoms with van der Waals surface area (Å²) in [5.41, 5.74) is 0. The monoisotopic (exact) mass is 232 g/mol. The Balaban J connectivity index is 2.16. The molecule has 15 heavy (non-hydrogen) atoms. The number of piperazine rings is 1. The fraction of sp³-hybridized carbons (Fsp3) is 1.00. The molecule has 0 N–H and O–H groups in total. The van der Waals surface area contributed by atoms with E-state index in [0.29, 0.717) is 12.6 Å². The Morgan fingerprint density at radius 2 is 2.07 bits per heavy atom. The Morgan fingerprint density at radius 3 is 2.67 bits per heavy atom. The Hall–Kier alpha value is -0.130. The zero-order chi connectivity index (χ0) is 11.1. The average molecular weight is 232 g/mol. The van der Waals surface area contributed by atoms with Gasteiger partial charge in [-0.25, -0.2) is 8.42 Å². The normalized spacial score (nSPS) is 34.3. The topological polar surface area (TPSA) is 40.6 Å². The Bertz CT molecular complexity index is 328. The summed E-state index contributed by atoms with van der Waals surface area (Å²) in [5.74, 6) is 0. The van der Waals surface area contributed by atoms with Gasteiger partial charge in [0, 0.05) is 25.2 Å². The molecule has 88 valence electrons. The summed E-state index contributed by atoms with van der Waals surface area (Å²) in [6.45, 7) is 4.85. The smallest absolute Gasteiger partial charge is 0.211 e. The van der Waals surface area contributed by atoms with Gasteiger partial charge in [-0.15, -0.1) is 0 Å². The maximum absolute atomic E-state index is 11.7. The van der Waals surface area contributed by atoms with Crippen LogP contribution in [0, 0.1) is 0 Å². The van der Waals surface area contributed by atoms with Gasteiger partial charge in [-0.1, -0.05) is 6.92 Å². The second-order valence-electron chi connectivity index (χ2n) is 4.69. The summed E-state index contributed by atoms with van der Waals surface area (Å²) < 4.78 is 25.0. The van der Waals surface area contributed by atoms with Gasteiger partial charge in [0.1, 0.15) is 0 Å². The van der Waals surface area contributed by atoms with Crippen molar-refractivity contribution in [3.05, 3.63) is 0 Å². The molecule has 0 amide bonds. The molecular formula is C10H20N2O2S. The molecule has 0 radical (unpaired) electrons. The molecule has 2 aliphatic rings. The van der Waals surface area contributed by atoms with Crippen molar-refractivity contribution >= 4 is 10.0 Å². The molecule has 0 spiro atoms. The highest BCUT2D eigenvalue weighted by Gasteiger charge is 2.39. The predicted octanol–water partition coefficient (Wildman–Crippen LogP) is 0.505. The molecule has 2 heterocycles. The third-order valence-corrected chi connectivity index (χ3v) is 4.94. The highest BCUT2D eigenvalue weighted by molar-refractivity contribution is 7.88. The van der Waals surface area contributed by atoms with E-state index in [-0.39, 0.29) is 6.04 Å². The van der Waals surface area contributed by atoms with E-state index in [9.17, 15) is 8.42 Å². The third kappa shape index (κ3) is 2.19. The van der Waals surface area contributed by atoms with Crippen LogP contribution in [-0.2, 0) is 10.0 Å². The van der Waals surface area contributed by atoms with Crippen LogP contribution in [0.3, 0.4) is 0 Å². The molecule has 0 aromatic heterocycles. The van der Waals surface area contributed by atoms with Gasteiger partial charge in [0.15, 0.2) is 0 Å². The minimum Gasteiger partial charge on any atom is -0.297 e. The summed E-state index contributed by atoms with van der Waals surface area (Å²) in [7, 11) is -3.02. The molecule has 0 aromatic rings. The molecular weight excluding hydrogens is 212 g/mol. The molecule has 2 atom stereocenters. The number of hydrogen-bond acceptors (Lipinski definition) is 3. The standard InChI is InChI=1S/C10H20N2O2S/c1-3-9-7-11-6-4-5-10(11)8-12(9)15(2,13)14/h9-10H,3-8H2,1-2H3/t9-,10-/m1/s1. The first-order valence-corrected chi connectivity index (χ1v) is 7.58. The number of sulfonamides is 1. The fourth-order valence-electron chi connectivity index (χ4n) is 2.80. The lowest BCUT2D eigenvalue weighted by Gasteiger charge is -2.41. The molecule has 0 aliphatic carbocycles. The van der Waals surface area contributed by atoms with Gasteiger partial charge < -0.3 is 0 Å². The van der Waals surface area contributed by atoms with E-state index in [0.717, 1.165) is 25.9 Å². The van der Waals surface area contributed by atoms with Crippen molar-refractivity contribution in [1.29, 1.82) is 0 Å². The summed E-state index contributed by atoms with van der Waals surface area (Å²) >= 11 is 0. The second kappa shape index (κ2) is 4.03. The number of rotatable bonds is 2. The molecule has 2 saturated heterocycles. The minimum absolute atomic E-state index is 0.189. The van der Waals surface area contributed by atoms with Crippen molar-refractivity contribution in [2.24, 2.45) is 0 Å². The highest BCUT2D eigenvalue weighted by atomic mass is 32.2. The summed E-state index contributed by atoms with van der Waals surface area (Å²) in [5, 5.41) is 0. The van der Waals surface area contributed by atoms with Crippen LogP contribution in [0.25, 0.3) is 0 Å². The quantitative estimate of drug-likeness (QED) is 0.696. The van der Waals surface area contributed by atoms with E-state index in [1.807, 2.05) is 0 Å². The van der Waals surface area contributed by atoms with Gasteiger partial charge in [-0.05, 0) is 25.8 Å². The molecule has 2 rings (SSSR count). The molecule has 2 aliphatic heterocycles. The SMILES string of the molecule is CC[C@@H]1CN2CCC[C@@H]2CN1S(C)(=O)=O. The first kappa shape index (κ1) is 11.4. The third-order valence-electron chi connectivity index (χ3n) is 3.64. The van der Waals surface area contributed by atoms with E-state index in [1.54, 1.807) is 4.31 Å². The van der Waals surface area contributed by atoms with Crippen molar-refractivity contribution in [3.63, 3.8) is 0 Å². The summed E-state index contributed by atoms with van der Waals surface area (Å²) in [4.78, 5) is 2.45. The summed E-state index contributed by atoms with van der Waals surface area (Å²) in [6, 6.07) is 0.664. The molecule has 2 fully saturated rings. The van der Waals surface area contributed by atoms with Gasteiger partial charge in [0.2, 0.25) is 10.0 Å². The van der Waals surface area contributed by atoms with Gasteiger partial charge >= 0.3 is 0 Å². The Labute approximate surface area is 92.3 Å². The van der Waals surface area contributed by atoms with Crippen molar-refractivity contribution in [2.45, 2.75) is 38.3 Å². The van der Waals surface area contributed by atoms with Crippen molar-refractivity contribution in [1.82, 2.24) is 9.21 Å². The fourth-order valence-corrected chi connectivity index (χ4v) is 4.00. The largest absolute Gasteiger partial charge is 0.297 e.